The average molecular weight is 314 g/mol. The average Bonchev–Trinajstić information content (AvgIpc) is 2.51. The number of unbranched alkanes of at least 4 members (excludes halogenated alkanes) is 1. The maximum absolute atomic E-state index is 12.0. The maximum Gasteiger partial charge on any atom is 0.242 e. The van der Waals surface area contributed by atoms with Crippen molar-refractivity contribution in [1.82, 2.24) is 10.6 Å². The second-order valence-corrected chi connectivity index (χ2v) is 5.68. The quantitative estimate of drug-likeness (QED) is 0.307. The van der Waals surface area contributed by atoms with Crippen molar-refractivity contribution in [3.63, 3.8) is 0 Å². The van der Waals surface area contributed by atoms with Crippen LogP contribution in [-0.4, -0.2) is 42.8 Å². The first-order chi connectivity index (χ1) is 10.4. The lowest BCUT2D eigenvalue weighted by molar-refractivity contribution is -0.130. The number of nitrogens with two attached hydrogens (primary N) is 2. The summed E-state index contributed by atoms with van der Waals surface area (Å²) in [6, 6.07) is -1.94. The van der Waals surface area contributed by atoms with E-state index in [-0.39, 0.29) is 17.7 Å². The minimum Gasteiger partial charge on any atom is -0.345 e. The van der Waals surface area contributed by atoms with E-state index in [2.05, 4.69) is 10.6 Å². The minimum atomic E-state index is -0.737. The summed E-state index contributed by atoms with van der Waals surface area (Å²) >= 11 is 0. The van der Waals surface area contributed by atoms with E-state index in [9.17, 15) is 14.4 Å². The molecule has 7 nitrogen and oxygen atoms in total. The standard InChI is InChI=1S/C15H30N4O3/c1-4-10(2)13(9-20)19-14(21)11(3)18-15(22)12(17)7-5-6-8-16/h9-13H,4-8,16-17H2,1-3H3,(H,18,22)(H,19,21)/t10-,11-,12-,13+/m0/s1. The third-order valence-electron chi connectivity index (χ3n) is 3.77. The molecule has 0 aromatic carbocycles. The molecule has 0 unspecified atom stereocenters. The fourth-order valence-electron chi connectivity index (χ4n) is 1.88. The van der Waals surface area contributed by atoms with Crippen LogP contribution in [0.5, 0.6) is 0 Å². The topological polar surface area (TPSA) is 127 Å². The van der Waals surface area contributed by atoms with Crippen molar-refractivity contribution < 1.29 is 14.4 Å². The third-order valence-corrected chi connectivity index (χ3v) is 3.77. The van der Waals surface area contributed by atoms with Gasteiger partial charge in [-0.25, -0.2) is 0 Å². The predicted molar refractivity (Wildman–Crippen MR) is 85.9 cm³/mol. The summed E-state index contributed by atoms with van der Waals surface area (Å²) in [7, 11) is 0. The number of rotatable bonds is 11. The zero-order valence-corrected chi connectivity index (χ0v) is 13.8. The van der Waals surface area contributed by atoms with Crippen molar-refractivity contribution in [3.8, 4) is 0 Å². The molecule has 0 heterocycles. The van der Waals surface area contributed by atoms with E-state index in [0.29, 0.717) is 13.0 Å². The number of hydrogen-bond donors (Lipinski definition) is 4. The number of nitrogens with one attached hydrogen (secondary N) is 2. The van der Waals surface area contributed by atoms with E-state index in [0.717, 1.165) is 25.5 Å². The fourth-order valence-corrected chi connectivity index (χ4v) is 1.88. The van der Waals surface area contributed by atoms with Gasteiger partial charge in [-0.2, -0.15) is 0 Å². The van der Waals surface area contributed by atoms with Gasteiger partial charge in [0.15, 0.2) is 0 Å². The molecule has 7 heteroatoms. The smallest absolute Gasteiger partial charge is 0.242 e. The Hall–Kier alpha value is -1.47. The number of amides is 2. The zero-order chi connectivity index (χ0) is 17.1. The molecular formula is C15H30N4O3. The van der Waals surface area contributed by atoms with Crippen LogP contribution >= 0.6 is 0 Å². The predicted octanol–water partition coefficient (Wildman–Crippen LogP) is -0.323. The molecule has 4 atom stereocenters. The van der Waals surface area contributed by atoms with Crippen LogP contribution in [0.15, 0.2) is 0 Å². The first kappa shape index (κ1) is 20.5. The second kappa shape index (κ2) is 11.1. The van der Waals surface area contributed by atoms with Crippen molar-refractivity contribution in [3.05, 3.63) is 0 Å². The van der Waals surface area contributed by atoms with E-state index >= 15 is 0 Å². The first-order valence-corrected chi connectivity index (χ1v) is 7.89. The van der Waals surface area contributed by atoms with Gasteiger partial charge in [0.25, 0.3) is 0 Å². The molecule has 0 spiro atoms. The number of hydrogen-bond acceptors (Lipinski definition) is 5. The van der Waals surface area contributed by atoms with E-state index < -0.39 is 18.1 Å². The molecule has 128 valence electrons. The molecule has 0 aliphatic carbocycles. The van der Waals surface area contributed by atoms with Gasteiger partial charge in [0.2, 0.25) is 11.8 Å². The molecule has 2 amide bonds. The van der Waals surface area contributed by atoms with Crippen molar-refractivity contribution in [2.24, 2.45) is 17.4 Å². The minimum absolute atomic E-state index is 0.0443. The van der Waals surface area contributed by atoms with Gasteiger partial charge < -0.3 is 26.9 Å². The van der Waals surface area contributed by atoms with Gasteiger partial charge >= 0.3 is 0 Å². The molecule has 0 aliphatic heterocycles. The monoisotopic (exact) mass is 314 g/mol. The summed E-state index contributed by atoms with van der Waals surface area (Å²) in [6.45, 7) is 5.96. The van der Waals surface area contributed by atoms with Crippen LogP contribution in [0.3, 0.4) is 0 Å². The van der Waals surface area contributed by atoms with Crippen LogP contribution < -0.4 is 22.1 Å². The van der Waals surface area contributed by atoms with E-state index in [4.69, 9.17) is 11.5 Å². The van der Waals surface area contributed by atoms with Crippen molar-refractivity contribution in [2.75, 3.05) is 6.54 Å². The highest BCUT2D eigenvalue weighted by Crippen LogP contribution is 2.05. The molecule has 0 rings (SSSR count). The fraction of sp³-hybridized carbons (Fsp3) is 0.800. The lowest BCUT2D eigenvalue weighted by Crippen LogP contribution is -2.53. The highest BCUT2D eigenvalue weighted by molar-refractivity contribution is 5.90. The summed E-state index contributed by atoms with van der Waals surface area (Å²) in [4.78, 5) is 34.9. The van der Waals surface area contributed by atoms with Crippen molar-refractivity contribution >= 4 is 18.1 Å². The SMILES string of the molecule is CC[C@H](C)[C@@H](C=O)NC(=O)[C@H](C)NC(=O)[C@@H](N)CCCCN. The number of carbonyl (C=O) groups is 3. The summed E-state index contributed by atoms with van der Waals surface area (Å²) in [5.41, 5.74) is 11.1. The highest BCUT2D eigenvalue weighted by Gasteiger charge is 2.23. The Bertz CT molecular complexity index is 363. The largest absolute Gasteiger partial charge is 0.345 e. The van der Waals surface area contributed by atoms with Gasteiger partial charge in [0.1, 0.15) is 12.3 Å². The number of carbonyl (C=O) groups excluding carboxylic acids is 3. The van der Waals surface area contributed by atoms with E-state index in [1.807, 2.05) is 13.8 Å². The molecule has 22 heavy (non-hydrogen) atoms. The van der Waals surface area contributed by atoms with Crippen molar-refractivity contribution in [1.29, 1.82) is 0 Å². The Labute approximate surface area is 132 Å². The molecule has 0 saturated heterocycles. The Morgan fingerprint density at radius 1 is 1.14 bits per heavy atom. The van der Waals surface area contributed by atoms with E-state index in [1.165, 1.54) is 0 Å². The molecule has 0 aromatic rings. The lowest BCUT2D eigenvalue weighted by Gasteiger charge is -2.22. The van der Waals surface area contributed by atoms with Gasteiger partial charge in [-0.15, -0.1) is 0 Å². The van der Waals surface area contributed by atoms with Gasteiger partial charge in [0, 0.05) is 0 Å². The Morgan fingerprint density at radius 2 is 1.77 bits per heavy atom. The molecule has 0 aliphatic rings. The molecule has 0 aromatic heterocycles. The molecule has 0 radical (unpaired) electrons. The molecule has 0 saturated carbocycles. The number of aldehydes is 1. The van der Waals surface area contributed by atoms with Crippen LogP contribution in [0.4, 0.5) is 0 Å². The molecular weight excluding hydrogens is 284 g/mol. The Balaban J connectivity index is 4.33. The summed E-state index contributed by atoms with van der Waals surface area (Å²) < 4.78 is 0. The van der Waals surface area contributed by atoms with E-state index in [1.54, 1.807) is 6.92 Å². The maximum atomic E-state index is 12.0. The van der Waals surface area contributed by atoms with Crippen LogP contribution in [0.2, 0.25) is 0 Å². The van der Waals surface area contributed by atoms with Crippen LogP contribution in [0.25, 0.3) is 0 Å². The first-order valence-electron chi connectivity index (χ1n) is 7.89. The Kier molecular flexibility index (Phi) is 10.4. The second-order valence-electron chi connectivity index (χ2n) is 5.68. The normalized spacial score (nSPS) is 16.2. The Morgan fingerprint density at radius 3 is 2.27 bits per heavy atom. The third kappa shape index (κ3) is 7.51. The van der Waals surface area contributed by atoms with Gasteiger partial charge in [-0.1, -0.05) is 26.7 Å². The molecule has 6 N–H and O–H groups in total. The summed E-state index contributed by atoms with van der Waals surface area (Å²) in [5, 5.41) is 5.20. The molecule has 0 fully saturated rings. The van der Waals surface area contributed by atoms with Gasteiger partial charge in [-0.3, -0.25) is 9.59 Å². The van der Waals surface area contributed by atoms with Gasteiger partial charge in [0.05, 0.1) is 12.1 Å². The summed E-state index contributed by atoms with van der Waals surface area (Å²) in [6.07, 6.45) is 3.61. The summed E-state index contributed by atoms with van der Waals surface area (Å²) in [5.74, 6) is -0.714. The van der Waals surface area contributed by atoms with Crippen LogP contribution in [0.1, 0.15) is 46.5 Å². The van der Waals surface area contributed by atoms with Crippen molar-refractivity contribution in [2.45, 2.75) is 64.6 Å². The van der Waals surface area contributed by atoms with Crippen LogP contribution in [-0.2, 0) is 14.4 Å². The lowest BCUT2D eigenvalue weighted by atomic mass is 10.00. The highest BCUT2D eigenvalue weighted by atomic mass is 16.2. The molecule has 0 bridgehead atoms. The van der Waals surface area contributed by atoms with Crippen LogP contribution in [0, 0.1) is 5.92 Å². The van der Waals surface area contributed by atoms with Gasteiger partial charge in [-0.05, 0) is 32.2 Å². The zero-order valence-electron chi connectivity index (χ0n) is 13.8.